The van der Waals surface area contributed by atoms with Crippen LogP contribution < -0.4 is 5.32 Å². The monoisotopic (exact) mass is 289 g/mol. The van der Waals surface area contributed by atoms with Crippen molar-refractivity contribution < 1.29 is 14.3 Å². The van der Waals surface area contributed by atoms with Crippen LogP contribution in [0.25, 0.3) is 11.3 Å². The minimum Gasteiger partial charge on any atom is -0.464 e. The smallest absolute Gasteiger partial charge is 0.360 e. The van der Waals surface area contributed by atoms with Gasteiger partial charge in [0.25, 0.3) is 0 Å². The summed E-state index contributed by atoms with van der Waals surface area (Å²) in [6, 6.07) is 3.50. The first-order valence-corrected chi connectivity index (χ1v) is 6.30. The Morgan fingerprint density at radius 3 is 2.67 bits per heavy atom. The number of nitrogens with zero attached hydrogens (tertiary/aromatic N) is 4. The van der Waals surface area contributed by atoms with Crippen LogP contribution in [0, 0.1) is 0 Å². The van der Waals surface area contributed by atoms with Crippen LogP contribution >= 0.6 is 0 Å². The van der Waals surface area contributed by atoms with Crippen molar-refractivity contribution >= 4 is 11.9 Å². The van der Waals surface area contributed by atoms with Crippen molar-refractivity contribution in [2.45, 2.75) is 13.5 Å². The standard InChI is InChI=1S/C13H15N5O3/c1-9(19)15-7-8-18-12(10-3-5-14-6-4-10)11(16-17-18)13(20)21-2/h3-6H,7-8H2,1-2H3,(H,15,19). The van der Waals surface area contributed by atoms with Crippen LogP contribution in [0.15, 0.2) is 24.5 Å². The highest BCUT2D eigenvalue weighted by Crippen LogP contribution is 2.21. The van der Waals surface area contributed by atoms with Gasteiger partial charge in [-0.25, -0.2) is 9.48 Å². The van der Waals surface area contributed by atoms with Crippen molar-refractivity contribution in [3.05, 3.63) is 30.2 Å². The third kappa shape index (κ3) is 3.41. The molecule has 0 unspecified atom stereocenters. The Morgan fingerprint density at radius 1 is 1.33 bits per heavy atom. The van der Waals surface area contributed by atoms with Crippen LogP contribution in [-0.4, -0.2) is 45.5 Å². The molecule has 0 spiro atoms. The van der Waals surface area contributed by atoms with Crippen molar-refractivity contribution in [2.75, 3.05) is 13.7 Å². The average molecular weight is 289 g/mol. The highest BCUT2D eigenvalue weighted by atomic mass is 16.5. The van der Waals surface area contributed by atoms with Gasteiger partial charge in [-0.2, -0.15) is 0 Å². The molecular weight excluding hydrogens is 274 g/mol. The lowest BCUT2D eigenvalue weighted by Gasteiger charge is -2.08. The Hall–Kier alpha value is -2.77. The van der Waals surface area contributed by atoms with Gasteiger partial charge in [0.2, 0.25) is 5.91 Å². The second-order valence-corrected chi connectivity index (χ2v) is 4.22. The predicted molar refractivity (Wildman–Crippen MR) is 73.3 cm³/mol. The molecule has 0 atom stereocenters. The number of nitrogens with one attached hydrogen (secondary N) is 1. The molecule has 1 amide bonds. The molecule has 0 bridgehead atoms. The summed E-state index contributed by atoms with van der Waals surface area (Å²) >= 11 is 0. The number of methoxy groups -OCH3 is 1. The number of carbonyl (C=O) groups is 2. The third-order valence-corrected chi connectivity index (χ3v) is 2.77. The minimum absolute atomic E-state index is 0.131. The van der Waals surface area contributed by atoms with E-state index in [0.29, 0.717) is 18.8 Å². The van der Waals surface area contributed by atoms with Gasteiger partial charge in [-0.1, -0.05) is 5.21 Å². The lowest BCUT2D eigenvalue weighted by molar-refractivity contribution is -0.118. The molecule has 0 saturated heterocycles. The first-order chi connectivity index (χ1) is 10.1. The van der Waals surface area contributed by atoms with Crippen molar-refractivity contribution in [3.63, 3.8) is 0 Å². The van der Waals surface area contributed by atoms with Crippen molar-refractivity contribution in [3.8, 4) is 11.3 Å². The molecule has 0 radical (unpaired) electrons. The van der Waals surface area contributed by atoms with E-state index in [1.807, 2.05) is 0 Å². The van der Waals surface area contributed by atoms with E-state index in [1.165, 1.54) is 14.0 Å². The molecule has 0 aromatic carbocycles. The zero-order chi connectivity index (χ0) is 15.2. The maximum atomic E-state index is 11.8. The Morgan fingerprint density at radius 2 is 2.05 bits per heavy atom. The first kappa shape index (κ1) is 14.6. The molecule has 0 fully saturated rings. The maximum absolute atomic E-state index is 11.8. The second kappa shape index (κ2) is 6.60. The molecule has 8 heteroatoms. The predicted octanol–water partition coefficient (Wildman–Crippen LogP) is 0.263. The Kier molecular flexibility index (Phi) is 4.60. The van der Waals surface area contributed by atoms with Crippen LogP contribution in [0.1, 0.15) is 17.4 Å². The fraction of sp³-hybridized carbons (Fsp3) is 0.308. The molecule has 110 valence electrons. The van der Waals surface area contributed by atoms with Crippen molar-refractivity contribution in [2.24, 2.45) is 0 Å². The number of amides is 1. The molecule has 0 saturated carbocycles. The van der Waals surface area contributed by atoms with Crippen molar-refractivity contribution in [1.82, 2.24) is 25.3 Å². The van der Waals surface area contributed by atoms with E-state index in [2.05, 4.69) is 20.6 Å². The Labute approximate surface area is 121 Å². The van der Waals surface area contributed by atoms with Crippen LogP contribution in [0.5, 0.6) is 0 Å². The van der Waals surface area contributed by atoms with Crippen LogP contribution in [0.4, 0.5) is 0 Å². The van der Waals surface area contributed by atoms with Gasteiger partial charge >= 0.3 is 5.97 Å². The van der Waals surface area contributed by atoms with Gasteiger partial charge in [0, 0.05) is 31.4 Å². The van der Waals surface area contributed by atoms with Crippen LogP contribution in [0.3, 0.4) is 0 Å². The summed E-state index contributed by atoms with van der Waals surface area (Å²) in [5, 5.41) is 10.5. The molecule has 21 heavy (non-hydrogen) atoms. The van der Waals surface area contributed by atoms with Gasteiger partial charge in [-0.05, 0) is 12.1 Å². The number of aromatic nitrogens is 4. The SMILES string of the molecule is COC(=O)c1nnn(CCNC(C)=O)c1-c1ccncc1. The maximum Gasteiger partial charge on any atom is 0.360 e. The molecule has 2 rings (SSSR count). The number of pyridine rings is 1. The third-order valence-electron chi connectivity index (χ3n) is 2.77. The van der Waals surface area contributed by atoms with E-state index in [9.17, 15) is 9.59 Å². The minimum atomic E-state index is -0.562. The quantitative estimate of drug-likeness (QED) is 0.793. The zero-order valence-corrected chi connectivity index (χ0v) is 11.7. The largest absolute Gasteiger partial charge is 0.464 e. The lowest BCUT2D eigenvalue weighted by Crippen LogP contribution is -2.25. The fourth-order valence-electron chi connectivity index (χ4n) is 1.84. The number of hydrogen-bond acceptors (Lipinski definition) is 6. The van der Waals surface area contributed by atoms with Crippen LogP contribution in [0.2, 0.25) is 0 Å². The molecular formula is C13H15N5O3. The summed E-state index contributed by atoms with van der Waals surface area (Å²) in [6.07, 6.45) is 3.23. The highest BCUT2D eigenvalue weighted by Gasteiger charge is 2.21. The number of hydrogen-bond donors (Lipinski definition) is 1. The van der Waals surface area contributed by atoms with Gasteiger partial charge < -0.3 is 10.1 Å². The van der Waals surface area contributed by atoms with Gasteiger partial charge in [0.1, 0.15) is 5.69 Å². The number of ether oxygens (including phenoxy) is 1. The summed E-state index contributed by atoms with van der Waals surface area (Å²) < 4.78 is 6.27. The number of carbonyl (C=O) groups excluding carboxylic acids is 2. The average Bonchev–Trinajstić information content (AvgIpc) is 2.91. The summed E-state index contributed by atoms with van der Waals surface area (Å²) in [7, 11) is 1.29. The molecule has 2 aromatic heterocycles. The molecule has 1 N–H and O–H groups in total. The van der Waals surface area contributed by atoms with E-state index in [4.69, 9.17) is 4.74 Å². The molecule has 0 aliphatic heterocycles. The van der Waals surface area contributed by atoms with Crippen molar-refractivity contribution in [1.29, 1.82) is 0 Å². The number of rotatable bonds is 5. The topological polar surface area (TPSA) is 99.0 Å². The summed E-state index contributed by atoms with van der Waals surface area (Å²) in [5.74, 6) is -0.693. The van der Waals surface area contributed by atoms with Gasteiger partial charge in [-0.15, -0.1) is 5.10 Å². The Balaban J connectivity index is 2.35. The number of esters is 1. The molecule has 8 nitrogen and oxygen atoms in total. The fourth-order valence-corrected chi connectivity index (χ4v) is 1.84. The van der Waals surface area contributed by atoms with E-state index >= 15 is 0 Å². The molecule has 2 aromatic rings. The molecule has 2 heterocycles. The van der Waals surface area contributed by atoms with Gasteiger partial charge in [0.05, 0.1) is 13.7 Å². The summed E-state index contributed by atoms with van der Waals surface area (Å²) in [6.45, 7) is 2.21. The Bertz CT molecular complexity index is 639. The zero-order valence-electron chi connectivity index (χ0n) is 11.7. The molecule has 0 aliphatic rings. The van der Waals surface area contributed by atoms with Gasteiger partial charge in [-0.3, -0.25) is 9.78 Å². The summed E-state index contributed by atoms with van der Waals surface area (Å²) in [4.78, 5) is 26.6. The highest BCUT2D eigenvalue weighted by molar-refractivity contribution is 5.93. The normalized spacial score (nSPS) is 10.2. The van der Waals surface area contributed by atoms with Crippen LogP contribution in [-0.2, 0) is 16.1 Å². The van der Waals surface area contributed by atoms with E-state index < -0.39 is 5.97 Å². The first-order valence-electron chi connectivity index (χ1n) is 6.30. The van der Waals surface area contributed by atoms with Gasteiger partial charge in [0.15, 0.2) is 5.69 Å². The summed E-state index contributed by atoms with van der Waals surface area (Å²) in [5.41, 5.74) is 1.42. The lowest BCUT2D eigenvalue weighted by atomic mass is 10.1. The molecule has 0 aliphatic carbocycles. The second-order valence-electron chi connectivity index (χ2n) is 4.22. The van der Waals surface area contributed by atoms with E-state index in [0.717, 1.165) is 5.56 Å². The van der Waals surface area contributed by atoms with E-state index in [1.54, 1.807) is 29.2 Å². The van der Waals surface area contributed by atoms with E-state index in [-0.39, 0.29) is 11.6 Å².